The lowest BCUT2D eigenvalue weighted by Crippen LogP contribution is -2.36. The summed E-state index contributed by atoms with van der Waals surface area (Å²) in [6.07, 6.45) is 1.49. The molecule has 29 heavy (non-hydrogen) atoms. The van der Waals surface area contributed by atoms with Crippen molar-refractivity contribution in [2.45, 2.75) is 6.54 Å². The van der Waals surface area contributed by atoms with Gasteiger partial charge in [0.05, 0.1) is 24.3 Å². The number of furan rings is 1. The van der Waals surface area contributed by atoms with Crippen LogP contribution in [0.2, 0.25) is 0 Å². The lowest BCUT2D eigenvalue weighted by Gasteiger charge is -2.09. The van der Waals surface area contributed by atoms with E-state index >= 15 is 0 Å². The van der Waals surface area contributed by atoms with Crippen molar-refractivity contribution in [3.8, 4) is 0 Å². The van der Waals surface area contributed by atoms with Crippen LogP contribution in [0.4, 0.5) is 17.1 Å². The average Bonchev–Trinajstić information content (AvgIpc) is 3.25. The first kappa shape index (κ1) is 19.6. The zero-order valence-electron chi connectivity index (χ0n) is 15.3. The lowest BCUT2D eigenvalue weighted by atomic mass is 10.1. The molecular formula is C20H18N4O5. The van der Waals surface area contributed by atoms with E-state index in [1.54, 1.807) is 36.4 Å². The van der Waals surface area contributed by atoms with E-state index in [0.29, 0.717) is 11.4 Å². The van der Waals surface area contributed by atoms with Gasteiger partial charge in [0.25, 0.3) is 11.6 Å². The molecule has 0 aliphatic carbocycles. The van der Waals surface area contributed by atoms with Crippen LogP contribution in [0.15, 0.2) is 71.3 Å². The maximum Gasteiger partial charge on any atom is 0.293 e. The average molecular weight is 394 g/mol. The molecule has 9 heteroatoms. The van der Waals surface area contributed by atoms with Gasteiger partial charge < -0.3 is 20.4 Å². The van der Waals surface area contributed by atoms with Gasteiger partial charge in [-0.25, -0.2) is 0 Å². The Morgan fingerprint density at radius 2 is 1.79 bits per heavy atom. The minimum atomic E-state index is -0.590. The number of carbonyl (C=O) groups excluding carboxylic acids is 2. The summed E-state index contributed by atoms with van der Waals surface area (Å²) in [6.45, 7) is -0.0651. The Balaban J connectivity index is 1.62. The Kier molecular flexibility index (Phi) is 6.21. The van der Waals surface area contributed by atoms with Gasteiger partial charge in [0.2, 0.25) is 5.91 Å². The van der Waals surface area contributed by atoms with Gasteiger partial charge in [0.1, 0.15) is 11.4 Å². The summed E-state index contributed by atoms with van der Waals surface area (Å²) in [5.41, 5.74) is 0.771. The van der Waals surface area contributed by atoms with Crippen molar-refractivity contribution >= 4 is 28.9 Å². The van der Waals surface area contributed by atoms with Gasteiger partial charge in [-0.05, 0) is 36.4 Å². The second kappa shape index (κ2) is 9.18. The maximum atomic E-state index is 12.3. The zero-order chi connectivity index (χ0) is 20.6. The van der Waals surface area contributed by atoms with E-state index in [9.17, 15) is 19.7 Å². The number of anilines is 2. The Morgan fingerprint density at radius 1 is 1.00 bits per heavy atom. The molecule has 0 aliphatic heterocycles. The van der Waals surface area contributed by atoms with Gasteiger partial charge in [0, 0.05) is 17.3 Å². The molecule has 3 aromatic rings. The summed E-state index contributed by atoms with van der Waals surface area (Å²) in [6, 6.07) is 16.5. The third-order valence-corrected chi connectivity index (χ3v) is 3.96. The molecule has 2 aromatic carbocycles. The topological polar surface area (TPSA) is 127 Å². The largest absolute Gasteiger partial charge is 0.467 e. The van der Waals surface area contributed by atoms with E-state index in [4.69, 9.17) is 4.42 Å². The number of amides is 2. The molecule has 1 heterocycles. The highest BCUT2D eigenvalue weighted by atomic mass is 16.6. The fraction of sp³-hybridized carbons (Fsp3) is 0.100. The van der Waals surface area contributed by atoms with Crippen LogP contribution >= 0.6 is 0 Å². The number of hydrogen-bond donors (Lipinski definition) is 3. The molecule has 0 saturated carbocycles. The van der Waals surface area contributed by atoms with Crippen LogP contribution in [0.3, 0.4) is 0 Å². The normalized spacial score (nSPS) is 10.2. The molecule has 0 radical (unpaired) electrons. The van der Waals surface area contributed by atoms with Crippen LogP contribution in [0.1, 0.15) is 16.1 Å². The Labute approximate surface area is 165 Å². The number of benzene rings is 2. The number of nitro benzene ring substituents is 1. The SMILES string of the molecule is O=C(CNC(=O)c1ccc(Nc2ccccc2)c([N+](=O)[O-])c1)NCc1ccco1. The van der Waals surface area contributed by atoms with Crippen molar-refractivity contribution in [2.75, 3.05) is 11.9 Å². The minimum absolute atomic E-state index is 0.0779. The molecule has 9 nitrogen and oxygen atoms in total. The summed E-state index contributed by atoms with van der Waals surface area (Å²) >= 11 is 0. The van der Waals surface area contributed by atoms with E-state index in [1.807, 2.05) is 6.07 Å². The minimum Gasteiger partial charge on any atom is -0.467 e. The van der Waals surface area contributed by atoms with Crippen molar-refractivity contribution in [3.63, 3.8) is 0 Å². The molecule has 2 amide bonds. The van der Waals surface area contributed by atoms with Gasteiger partial charge in [-0.3, -0.25) is 19.7 Å². The highest BCUT2D eigenvalue weighted by Crippen LogP contribution is 2.28. The molecule has 0 fully saturated rings. The second-order valence-corrected chi connectivity index (χ2v) is 6.02. The van der Waals surface area contributed by atoms with Gasteiger partial charge in [-0.2, -0.15) is 0 Å². The van der Waals surface area contributed by atoms with Gasteiger partial charge in [-0.1, -0.05) is 18.2 Å². The lowest BCUT2D eigenvalue weighted by molar-refractivity contribution is -0.383. The standard InChI is InChI=1S/C20H18N4O5/c25-19(21-12-16-7-4-10-29-16)13-22-20(26)14-8-9-17(18(11-14)24(27)28)23-15-5-2-1-3-6-15/h1-11,23H,12-13H2,(H,21,25)(H,22,26). The number of rotatable bonds is 8. The van der Waals surface area contributed by atoms with Crippen LogP contribution in [0.5, 0.6) is 0 Å². The van der Waals surface area contributed by atoms with E-state index in [2.05, 4.69) is 16.0 Å². The van der Waals surface area contributed by atoms with E-state index < -0.39 is 16.7 Å². The fourth-order valence-electron chi connectivity index (χ4n) is 2.53. The van der Waals surface area contributed by atoms with Crippen molar-refractivity contribution in [2.24, 2.45) is 0 Å². The maximum absolute atomic E-state index is 12.3. The molecule has 1 aromatic heterocycles. The Hall–Kier alpha value is -4.14. The molecule has 0 unspecified atom stereocenters. The van der Waals surface area contributed by atoms with Crippen molar-refractivity contribution in [1.29, 1.82) is 0 Å². The van der Waals surface area contributed by atoms with Crippen LogP contribution in [0.25, 0.3) is 0 Å². The van der Waals surface area contributed by atoms with Crippen LogP contribution < -0.4 is 16.0 Å². The Morgan fingerprint density at radius 3 is 2.48 bits per heavy atom. The van der Waals surface area contributed by atoms with Crippen molar-refractivity contribution < 1.29 is 18.9 Å². The number of hydrogen-bond acceptors (Lipinski definition) is 6. The number of nitro groups is 1. The fourth-order valence-corrected chi connectivity index (χ4v) is 2.53. The first-order valence-corrected chi connectivity index (χ1v) is 8.71. The number of nitrogens with zero attached hydrogens (tertiary/aromatic N) is 1. The molecule has 3 N–H and O–H groups in total. The smallest absolute Gasteiger partial charge is 0.293 e. The highest BCUT2D eigenvalue weighted by molar-refractivity contribution is 5.97. The summed E-state index contributed by atoms with van der Waals surface area (Å²) in [4.78, 5) is 34.9. The molecule has 148 valence electrons. The van der Waals surface area contributed by atoms with E-state index in [-0.39, 0.29) is 30.0 Å². The molecule has 0 bridgehead atoms. The van der Waals surface area contributed by atoms with Gasteiger partial charge >= 0.3 is 0 Å². The first-order valence-electron chi connectivity index (χ1n) is 8.71. The van der Waals surface area contributed by atoms with Crippen LogP contribution in [-0.4, -0.2) is 23.3 Å². The summed E-state index contributed by atoms with van der Waals surface area (Å²) < 4.78 is 5.10. The summed E-state index contributed by atoms with van der Waals surface area (Å²) in [7, 11) is 0. The first-order chi connectivity index (χ1) is 14.0. The predicted molar refractivity (Wildman–Crippen MR) is 106 cm³/mol. The third-order valence-electron chi connectivity index (χ3n) is 3.96. The van der Waals surface area contributed by atoms with Gasteiger partial charge in [-0.15, -0.1) is 0 Å². The highest BCUT2D eigenvalue weighted by Gasteiger charge is 2.18. The van der Waals surface area contributed by atoms with E-state index in [1.165, 1.54) is 24.5 Å². The number of nitrogens with one attached hydrogen (secondary N) is 3. The Bertz CT molecular complexity index is 1000. The number of para-hydroxylation sites is 1. The third kappa shape index (κ3) is 5.42. The van der Waals surface area contributed by atoms with Gasteiger partial charge in [0.15, 0.2) is 0 Å². The second-order valence-electron chi connectivity index (χ2n) is 6.02. The van der Waals surface area contributed by atoms with Crippen LogP contribution in [0, 0.1) is 10.1 Å². The molecule has 0 aliphatic rings. The molecule has 3 rings (SSSR count). The monoisotopic (exact) mass is 394 g/mol. The predicted octanol–water partition coefficient (Wildman–Crippen LogP) is 2.98. The quantitative estimate of drug-likeness (QED) is 0.398. The molecular weight excluding hydrogens is 376 g/mol. The molecule has 0 atom stereocenters. The summed E-state index contributed by atoms with van der Waals surface area (Å²) in [5, 5.41) is 19.4. The van der Waals surface area contributed by atoms with Crippen LogP contribution in [-0.2, 0) is 11.3 Å². The van der Waals surface area contributed by atoms with Crippen molar-refractivity contribution in [1.82, 2.24) is 10.6 Å². The summed E-state index contributed by atoms with van der Waals surface area (Å²) in [5.74, 6) is -0.416. The van der Waals surface area contributed by atoms with Crippen molar-refractivity contribution in [3.05, 3.63) is 88.4 Å². The van der Waals surface area contributed by atoms with E-state index in [0.717, 1.165) is 0 Å². The molecule has 0 saturated heterocycles. The zero-order valence-corrected chi connectivity index (χ0v) is 15.3. The number of carbonyl (C=O) groups is 2. The molecule has 0 spiro atoms.